The first-order valence-electron chi connectivity index (χ1n) is 8.05. The number of hydrogen-bond acceptors (Lipinski definition) is 0. The first-order valence-corrected chi connectivity index (χ1v) is 8.05. The zero-order valence-corrected chi connectivity index (χ0v) is 13.1. The van der Waals surface area contributed by atoms with Gasteiger partial charge in [-0.3, -0.25) is 0 Å². The SMILES string of the molecule is CC.CC(C)C1CCC2[C@@H](C)CCCC[C@]12C. The van der Waals surface area contributed by atoms with E-state index in [9.17, 15) is 0 Å². The summed E-state index contributed by atoms with van der Waals surface area (Å²) in [5.41, 5.74) is 0.685. The molecule has 0 heterocycles. The van der Waals surface area contributed by atoms with E-state index in [1.54, 1.807) is 0 Å². The summed E-state index contributed by atoms with van der Waals surface area (Å²) in [6, 6.07) is 0. The third kappa shape index (κ3) is 2.88. The predicted molar refractivity (Wildman–Crippen MR) is 78.1 cm³/mol. The molecule has 2 aliphatic carbocycles. The van der Waals surface area contributed by atoms with Gasteiger partial charge in [0, 0.05) is 0 Å². The Bertz CT molecular complexity index is 218. The molecule has 2 saturated carbocycles. The Morgan fingerprint density at radius 3 is 2.24 bits per heavy atom. The molecule has 2 fully saturated rings. The third-order valence-corrected chi connectivity index (χ3v) is 5.60. The van der Waals surface area contributed by atoms with Crippen LogP contribution in [0.5, 0.6) is 0 Å². The molecule has 2 rings (SSSR count). The molecular weight excluding hydrogens is 204 g/mol. The fourth-order valence-corrected chi connectivity index (χ4v) is 4.87. The molecule has 0 spiro atoms. The molecule has 0 aromatic rings. The molecule has 0 N–H and O–H groups in total. The Kier molecular flexibility index (Phi) is 5.54. The lowest BCUT2D eigenvalue weighted by molar-refractivity contribution is 0.0880. The normalized spacial score (nSPS) is 41.5. The summed E-state index contributed by atoms with van der Waals surface area (Å²) in [6.07, 6.45) is 8.98. The molecule has 0 aliphatic heterocycles. The zero-order valence-electron chi connectivity index (χ0n) is 13.1. The highest BCUT2D eigenvalue weighted by Gasteiger charge is 2.49. The van der Waals surface area contributed by atoms with Crippen molar-refractivity contribution in [1.82, 2.24) is 0 Å². The lowest BCUT2D eigenvalue weighted by atomic mass is 9.65. The van der Waals surface area contributed by atoms with Crippen LogP contribution in [0.15, 0.2) is 0 Å². The number of rotatable bonds is 1. The van der Waals surface area contributed by atoms with Gasteiger partial charge in [-0.15, -0.1) is 0 Å². The first-order chi connectivity index (χ1) is 8.05. The van der Waals surface area contributed by atoms with Crippen LogP contribution in [0.3, 0.4) is 0 Å². The Morgan fingerprint density at radius 1 is 1.00 bits per heavy atom. The third-order valence-electron chi connectivity index (χ3n) is 5.60. The molecule has 0 radical (unpaired) electrons. The van der Waals surface area contributed by atoms with Gasteiger partial charge in [0.25, 0.3) is 0 Å². The maximum Gasteiger partial charge on any atom is -0.0264 e. The second-order valence-corrected chi connectivity index (χ2v) is 6.76. The van der Waals surface area contributed by atoms with Gasteiger partial charge in [-0.05, 0) is 48.3 Å². The molecule has 0 aromatic carbocycles. The van der Waals surface area contributed by atoms with Gasteiger partial charge in [0.1, 0.15) is 0 Å². The van der Waals surface area contributed by atoms with E-state index < -0.39 is 0 Å². The van der Waals surface area contributed by atoms with E-state index in [2.05, 4.69) is 27.7 Å². The molecule has 2 unspecified atom stereocenters. The minimum Gasteiger partial charge on any atom is -0.0683 e. The van der Waals surface area contributed by atoms with E-state index in [0.717, 1.165) is 23.7 Å². The van der Waals surface area contributed by atoms with Crippen molar-refractivity contribution < 1.29 is 0 Å². The van der Waals surface area contributed by atoms with Crippen LogP contribution in [-0.2, 0) is 0 Å². The van der Waals surface area contributed by atoms with E-state index >= 15 is 0 Å². The van der Waals surface area contributed by atoms with Crippen LogP contribution in [-0.4, -0.2) is 0 Å². The Morgan fingerprint density at radius 2 is 1.65 bits per heavy atom. The van der Waals surface area contributed by atoms with Crippen LogP contribution in [0, 0.1) is 29.1 Å². The van der Waals surface area contributed by atoms with Gasteiger partial charge in [-0.2, -0.15) is 0 Å². The molecule has 0 amide bonds. The fourth-order valence-electron chi connectivity index (χ4n) is 4.87. The van der Waals surface area contributed by atoms with Crippen LogP contribution in [0.4, 0.5) is 0 Å². The van der Waals surface area contributed by atoms with Crippen molar-refractivity contribution in [3.63, 3.8) is 0 Å². The number of hydrogen-bond donors (Lipinski definition) is 0. The topological polar surface area (TPSA) is 0 Å². The molecule has 4 atom stereocenters. The van der Waals surface area contributed by atoms with Crippen LogP contribution in [0.25, 0.3) is 0 Å². The van der Waals surface area contributed by atoms with Crippen molar-refractivity contribution >= 4 is 0 Å². The fraction of sp³-hybridized carbons (Fsp3) is 1.00. The minimum atomic E-state index is 0.685. The van der Waals surface area contributed by atoms with Gasteiger partial charge in [0.15, 0.2) is 0 Å². The van der Waals surface area contributed by atoms with E-state index in [0.29, 0.717) is 5.41 Å². The van der Waals surface area contributed by atoms with Crippen LogP contribution in [0.2, 0.25) is 0 Å². The van der Waals surface area contributed by atoms with Crippen molar-refractivity contribution in [2.75, 3.05) is 0 Å². The summed E-state index contributed by atoms with van der Waals surface area (Å²) >= 11 is 0. The summed E-state index contributed by atoms with van der Waals surface area (Å²) in [5.74, 6) is 3.92. The highest BCUT2D eigenvalue weighted by molar-refractivity contribution is 4.98. The summed E-state index contributed by atoms with van der Waals surface area (Å²) in [4.78, 5) is 0. The van der Waals surface area contributed by atoms with E-state index in [4.69, 9.17) is 0 Å². The van der Waals surface area contributed by atoms with Gasteiger partial charge >= 0.3 is 0 Å². The quantitative estimate of drug-likeness (QED) is 0.532. The average Bonchev–Trinajstić information content (AvgIpc) is 2.58. The van der Waals surface area contributed by atoms with E-state index in [1.807, 2.05) is 13.8 Å². The maximum absolute atomic E-state index is 2.61. The van der Waals surface area contributed by atoms with E-state index in [1.165, 1.54) is 38.5 Å². The van der Waals surface area contributed by atoms with Gasteiger partial charge in [0.2, 0.25) is 0 Å². The second kappa shape index (κ2) is 6.25. The van der Waals surface area contributed by atoms with Crippen molar-refractivity contribution in [3.05, 3.63) is 0 Å². The van der Waals surface area contributed by atoms with Gasteiger partial charge in [-0.25, -0.2) is 0 Å². The van der Waals surface area contributed by atoms with Crippen LogP contribution in [0.1, 0.15) is 80.1 Å². The second-order valence-electron chi connectivity index (χ2n) is 6.76. The van der Waals surface area contributed by atoms with Gasteiger partial charge in [0.05, 0.1) is 0 Å². The Hall–Kier alpha value is 0. The zero-order chi connectivity index (χ0) is 13.1. The largest absolute Gasteiger partial charge is 0.0683 e. The maximum atomic E-state index is 2.61. The molecule has 102 valence electrons. The van der Waals surface area contributed by atoms with Crippen molar-refractivity contribution in [3.8, 4) is 0 Å². The van der Waals surface area contributed by atoms with Gasteiger partial charge in [-0.1, -0.05) is 60.8 Å². The van der Waals surface area contributed by atoms with Crippen molar-refractivity contribution in [1.29, 1.82) is 0 Å². The molecule has 2 aliphatic rings. The molecule has 0 heteroatoms. The standard InChI is InChI=1S/C15H28.C2H6/c1-11(2)13-8-9-14-12(3)7-5-6-10-15(13,14)4;1-2/h11-14H,5-10H2,1-4H3;1-2H3/t12-,13?,14?,15+;/m0./s1. The first kappa shape index (κ1) is 15.1. The number of fused-ring (bicyclic) bond motifs is 1. The molecular formula is C17H34. The Labute approximate surface area is 110 Å². The van der Waals surface area contributed by atoms with E-state index in [-0.39, 0.29) is 0 Å². The average molecular weight is 238 g/mol. The smallest absolute Gasteiger partial charge is 0.0264 e. The van der Waals surface area contributed by atoms with Gasteiger partial charge < -0.3 is 0 Å². The summed E-state index contributed by atoms with van der Waals surface area (Å²) in [7, 11) is 0. The highest BCUT2D eigenvalue weighted by Crippen LogP contribution is 2.58. The lowest BCUT2D eigenvalue weighted by Crippen LogP contribution is -2.33. The summed E-state index contributed by atoms with van der Waals surface area (Å²) in [6.45, 7) is 14.0. The molecule has 0 saturated heterocycles. The molecule has 0 nitrogen and oxygen atoms in total. The summed E-state index contributed by atoms with van der Waals surface area (Å²) in [5, 5.41) is 0. The molecule has 17 heavy (non-hydrogen) atoms. The van der Waals surface area contributed by atoms with Crippen LogP contribution < -0.4 is 0 Å². The monoisotopic (exact) mass is 238 g/mol. The molecule has 0 bridgehead atoms. The Balaban J connectivity index is 0.000000686. The highest BCUT2D eigenvalue weighted by atomic mass is 14.5. The minimum absolute atomic E-state index is 0.685. The predicted octanol–water partition coefficient (Wildman–Crippen LogP) is 5.91. The lowest BCUT2D eigenvalue weighted by Gasteiger charge is -2.40. The van der Waals surface area contributed by atoms with Crippen molar-refractivity contribution in [2.45, 2.75) is 80.1 Å². The van der Waals surface area contributed by atoms with Crippen LogP contribution >= 0.6 is 0 Å². The molecule has 0 aromatic heterocycles. The van der Waals surface area contributed by atoms with Crippen molar-refractivity contribution in [2.24, 2.45) is 29.1 Å². The summed E-state index contributed by atoms with van der Waals surface area (Å²) < 4.78 is 0.